The van der Waals surface area contributed by atoms with Crippen LogP contribution in [0.1, 0.15) is 16.2 Å². The summed E-state index contributed by atoms with van der Waals surface area (Å²) in [6.07, 6.45) is 9.36. The Bertz CT molecular complexity index is 1870. The van der Waals surface area contributed by atoms with Crippen LogP contribution in [-0.4, -0.2) is 78.3 Å². The van der Waals surface area contributed by atoms with Crippen LogP contribution in [0.25, 0.3) is 22.2 Å². The molecule has 1 aliphatic heterocycles. The average Bonchev–Trinajstić information content (AvgIpc) is 3.36. The van der Waals surface area contributed by atoms with E-state index in [1.54, 1.807) is 36.4 Å². The van der Waals surface area contributed by atoms with Crippen molar-refractivity contribution in [2.24, 2.45) is 5.14 Å². The van der Waals surface area contributed by atoms with Crippen LogP contribution in [0.5, 0.6) is 0 Å². The molecule has 1 aliphatic rings. The monoisotopic (exact) mass is 581 g/mol. The maximum Gasteiger partial charge on any atom is 0.292 e. The van der Waals surface area contributed by atoms with Gasteiger partial charge in [-0.2, -0.15) is 9.04 Å². The fourth-order valence-corrected chi connectivity index (χ4v) is 6.85. The summed E-state index contributed by atoms with van der Waals surface area (Å²) < 4.78 is 52.8. The van der Waals surface area contributed by atoms with Crippen LogP contribution in [0.15, 0.2) is 66.1 Å². The molecule has 0 bridgehead atoms. The molecule has 1 atom stereocenters. The Morgan fingerprint density at radius 1 is 1.15 bits per heavy atom. The van der Waals surface area contributed by atoms with Crippen LogP contribution >= 0.6 is 0 Å². The van der Waals surface area contributed by atoms with Crippen molar-refractivity contribution in [2.45, 2.75) is 11.1 Å². The highest BCUT2D eigenvalue weighted by molar-refractivity contribution is 7.89. The molecular weight excluding hydrogens is 558 g/mol. The summed E-state index contributed by atoms with van der Waals surface area (Å²) in [5.41, 5.74) is 1.80. The van der Waals surface area contributed by atoms with Gasteiger partial charge in [0, 0.05) is 60.6 Å². The van der Waals surface area contributed by atoms with Gasteiger partial charge in [0.15, 0.2) is 6.20 Å². The highest BCUT2D eigenvalue weighted by Crippen LogP contribution is 2.25. The van der Waals surface area contributed by atoms with Crippen molar-refractivity contribution >= 4 is 36.9 Å². The Morgan fingerprint density at radius 3 is 2.58 bits per heavy atom. The number of rotatable bonds is 6. The number of hydrogen-bond donors (Lipinski definition) is 2. The van der Waals surface area contributed by atoms with Gasteiger partial charge in [0.1, 0.15) is 5.03 Å². The molecule has 1 aromatic carbocycles. The predicted octanol–water partition coefficient (Wildman–Crippen LogP) is 0.0434. The molecule has 0 spiro atoms. The van der Waals surface area contributed by atoms with E-state index in [1.807, 2.05) is 0 Å². The first-order valence-electron chi connectivity index (χ1n) is 11.9. The zero-order valence-corrected chi connectivity index (χ0v) is 22.5. The molecule has 15 heteroatoms. The van der Waals surface area contributed by atoms with Gasteiger partial charge in [-0.25, -0.2) is 31.9 Å². The van der Waals surface area contributed by atoms with Crippen LogP contribution in [0.2, 0.25) is 0 Å². The van der Waals surface area contributed by atoms with E-state index >= 15 is 0 Å². The quantitative estimate of drug-likeness (QED) is 0.181. The zero-order chi connectivity index (χ0) is 28.7. The van der Waals surface area contributed by atoms with Crippen molar-refractivity contribution in [1.82, 2.24) is 24.2 Å². The lowest BCUT2D eigenvalue weighted by molar-refractivity contribution is -0.593. The first kappa shape index (κ1) is 27.2. The number of amides is 1. The highest BCUT2D eigenvalue weighted by atomic mass is 32.2. The van der Waals surface area contributed by atoms with E-state index in [0.29, 0.717) is 26.8 Å². The number of piperazine rings is 1. The smallest absolute Gasteiger partial charge is 0.292 e. The predicted molar refractivity (Wildman–Crippen MR) is 144 cm³/mol. The number of carbonyl (C=O) groups is 1. The van der Waals surface area contributed by atoms with E-state index in [4.69, 9.17) is 11.6 Å². The summed E-state index contributed by atoms with van der Waals surface area (Å²) in [5.74, 6) is 0.872. The maximum absolute atomic E-state index is 13.5. The average molecular weight is 582 g/mol. The third-order valence-corrected chi connectivity index (χ3v) is 9.11. The molecule has 5 rings (SSSR count). The van der Waals surface area contributed by atoms with E-state index in [2.05, 4.69) is 20.9 Å². The van der Waals surface area contributed by atoms with E-state index in [0.717, 1.165) is 4.31 Å². The minimum atomic E-state index is -4.10. The maximum atomic E-state index is 13.5. The number of primary sulfonamides is 1. The van der Waals surface area contributed by atoms with Gasteiger partial charge in [-0.3, -0.25) is 4.79 Å². The van der Waals surface area contributed by atoms with Crippen LogP contribution in [0, 0.1) is 17.6 Å². The zero-order valence-electron chi connectivity index (χ0n) is 20.8. The minimum Gasteiger partial charge on any atom is -0.618 e. The number of hydrogen-bond acceptors (Lipinski definition) is 8. The van der Waals surface area contributed by atoms with E-state index in [9.17, 15) is 26.8 Å². The number of aromatic nitrogens is 4. The van der Waals surface area contributed by atoms with Crippen molar-refractivity contribution in [3.8, 4) is 23.6 Å². The third kappa shape index (κ3) is 5.38. The van der Waals surface area contributed by atoms with E-state index in [1.165, 1.54) is 29.6 Å². The number of H-pyrrole nitrogens is 1. The molecule has 0 saturated carbocycles. The number of nitrogens with two attached hydrogens (primary N) is 1. The largest absolute Gasteiger partial charge is 0.618 e. The second-order valence-electron chi connectivity index (χ2n) is 9.13. The first-order chi connectivity index (χ1) is 19.0. The van der Waals surface area contributed by atoms with Crippen LogP contribution in [0.4, 0.5) is 0 Å². The Hall–Kier alpha value is -4.36. The minimum absolute atomic E-state index is 0.0961. The molecule has 40 heavy (non-hydrogen) atoms. The Labute approximate surface area is 230 Å². The lowest BCUT2D eigenvalue weighted by atomic mass is 10.2. The molecule has 1 unspecified atom stereocenters. The summed E-state index contributed by atoms with van der Waals surface area (Å²) in [5, 5.41) is 17.8. The fourth-order valence-electron chi connectivity index (χ4n) is 4.55. The molecule has 4 heterocycles. The molecular formula is C25H23N7O6S2. The van der Waals surface area contributed by atoms with Crippen LogP contribution in [-0.2, 0) is 20.0 Å². The number of benzene rings is 1. The number of aromatic amines is 1. The van der Waals surface area contributed by atoms with Gasteiger partial charge in [-0.1, -0.05) is 5.92 Å². The van der Waals surface area contributed by atoms with Crippen LogP contribution < -0.4 is 9.87 Å². The van der Waals surface area contributed by atoms with Crippen LogP contribution in [0.3, 0.4) is 0 Å². The number of carbonyl (C=O) groups excluding carboxylic acids is 1. The lowest BCUT2D eigenvalue weighted by Gasteiger charge is -2.39. The normalized spacial score (nSPS) is 16.6. The molecule has 1 saturated heterocycles. The highest BCUT2D eigenvalue weighted by Gasteiger charge is 2.39. The van der Waals surface area contributed by atoms with Gasteiger partial charge < -0.3 is 15.1 Å². The summed E-state index contributed by atoms with van der Waals surface area (Å²) in [6, 6.07) is 10.2. The van der Waals surface area contributed by atoms with Crippen molar-refractivity contribution < 1.29 is 26.4 Å². The van der Waals surface area contributed by atoms with Gasteiger partial charge in [-0.15, -0.1) is 6.42 Å². The third-order valence-electron chi connectivity index (χ3n) is 6.47. The second kappa shape index (κ2) is 10.3. The molecule has 206 valence electrons. The van der Waals surface area contributed by atoms with Gasteiger partial charge in [-0.05, 0) is 30.3 Å². The van der Waals surface area contributed by atoms with Gasteiger partial charge >= 0.3 is 0 Å². The van der Waals surface area contributed by atoms with Gasteiger partial charge in [0.05, 0.1) is 17.4 Å². The number of sulfonamides is 2. The number of nitrogens with zero attached hydrogens (tertiary/aromatic N) is 5. The topological polar surface area (TPSA) is 186 Å². The number of nitrogens with one attached hydrogen (secondary N) is 1. The standard InChI is InChI=1S/C25H23N7O6S2/c1-2-17-6-7-21-18(11-17)12-23(29-21)40(37,38)30-9-10-31(20(15-30)16-39(26,35)36)25(33)24-27-13-19(14-28-24)22-5-3-4-8-32(22)34/h1,3-8,11-14,20,29H,9-10,15-16H2,(H2,26,35,36). The first-order valence-corrected chi connectivity index (χ1v) is 15.0. The SMILES string of the molecule is C#Cc1ccc2[nH]c(S(=O)(=O)N3CCN(C(=O)c4ncc(-c5cccc[n+]5[O-])cn4)C(CS(N)(=O)=O)C3)cc2c1. The van der Waals surface area contributed by atoms with E-state index in [-0.39, 0.29) is 36.2 Å². The Balaban J connectivity index is 1.40. The van der Waals surface area contributed by atoms with Crippen molar-refractivity contribution in [3.05, 3.63) is 77.7 Å². The Kier molecular flexibility index (Phi) is 7.02. The number of terminal acetylenes is 1. The van der Waals surface area contributed by atoms with E-state index < -0.39 is 37.7 Å². The molecule has 3 N–H and O–H groups in total. The van der Waals surface area contributed by atoms with Crippen molar-refractivity contribution in [1.29, 1.82) is 0 Å². The van der Waals surface area contributed by atoms with Crippen molar-refractivity contribution in [2.75, 3.05) is 25.4 Å². The summed E-state index contributed by atoms with van der Waals surface area (Å²) >= 11 is 0. The molecule has 0 radical (unpaired) electrons. The molecule has 13 nitrogen and oxygen atoms in total. The summed E-state index contributed by atoms with van der Waals surface area (Å²) in [6.45, 7) is -0.573. The second-order valence-corrected chi connectivity index (χ2v) is 12.7. The summed E-state index contributed by atoms with van der Waals surface area (Å²) in [4.78, 5) is 25.5. The number of fused-ring (bicyclic) bond motifs is 1. The van der Waals surface area contributed by atoms with Crippen molar-refractivity contribution in [3.63, 3.8) is 0 Å². The number of pyridine rings is 1. The molecule has 1 amide bonds. The molecule has 1 fully saturated rings. The molecule has 0 aliphatic carbocycles. The molecule has 4 aromatic rings. The fraction of sp³-hybridized carbons (Fsp3) is 0.200. The molecule has 3 aromatic heterocycles. The Morgan fingerprint density at radius 2 is 1.90 bits per heavy atom. The van der Waals surface area contributed by atoms with Gasteiger partial charge in [0.25, 0.3) is 15.9 Å². The summed E-state index contributed by atoms with van der Waals surface area (Å²) in [7, 11) is -8.20. The van der Waals surface area contributed by atoms with Gasteiger partial charge in [0.2, 0.25) is 21.5 Å². The lowest BCUT2D eigenvalue weighted by Crippen LogP contribution is -2.59.